The molecule has 0 nitrogen and oxygen atoms in total. The van der Waals surface area contributed by atoms with Crippen molar-refractivity contribution in [2.75, 3.05) is 0 Å². The fourth-order valence-electron chi connectivity index (χ4n) is 1.22. The van der Waals surface area contributed by atoms with Gasteiger partial charge in [0, 0.05) is 11.3 Å². The maximum Gasteiger partial charge on any atom is 0.123 e. The number of hydrogen-bond donors (Lipinski definition) is 0. The predicted molar refractivity (Wildman–Crippen MR) is 53.5 cm³/mol. The van der Waals surface area contributed by atoms with Crippen LogP contribution in [0.15, 0.2) is 41.8 Å². The van der Waals surface area contributed by atoms with Crippen LogP contribution in [0.2, 0.25) is 0 Å². The lowest BCUT2D eigenvalue weighted by molar-refractivity contribution is 0.627. The largest absolute Gasteiger partial charge is 0.207 e. The Morgan fingerprint density at radius 1 is 1.08 bits per heavy atom. The van der Waals surface area contributed by atoms with Crippen molar-refractivity contribution in [3.63, 3.8) is 0 Å². The Bertz CT molecular complexity index is 361. The van der Waals surface area contributed by atoms with Gasteiger partial charge in [-0.15, -0.1) is 11.3 Å². The molecular formula is C11H9FS. The quantitative estimate of drug-likeness (QED) is 0.683. The van der Waals surface area contributed by atoms with Crippen LogP contribution in [0, 0.1) is 5.82 Å². The Labute approximate surface area is 80.7 Å². The summed E-state index contributed by atoms with van der Waals surface area (Å²) in [6, 6.07) is 10.8. The van der Waals surface area contributed by atoms with Crippen LogP contribution in [-0.4, -0.2) is 0 Å². The monoisotopic (exact) mass is 192 g/mol. The van der Waals surface area contributed by atoms with E-state index < -0.39 is 0 Å². The van der Waals surface area contributed by atoms with Gasteiger partial charge < -0.3 is 0 Å². The summed E-state index contributed by atoms with van der Waals surface area (Å²) in [6.45, 7) is 0. The van der Waals surface area contributed by atoms with Crippen LogP contribution < -0.4 is 0 Å². The predicted octanol–water partition coefficient (Wildman–Crippen LogP) is 3.48. The Kier molecular flexibility index (Phi) is 2.41. The van der Waals surface area contributed by atoms with Gasteiger partial charge in [0.2, 0.25) is 0 Å². The first-order chi connectivity index (χ1) is 6.34. The molecule has 0 spiro atoms. The smallest absolute Gasteiger partial charge is 0.123 e. The molecule has 13 heavy (non-hydrogen) atoms. The number of rotatable bonds is 2. The number of benzene rings is 1. The number of halogens is 1. The zero-order valence-corrected chi connectivity index (χ0v) is 7.85. The molecule has 2 heteroatoms. The van der Waals surface area contributed by atoms with Crippen LogP contribution in [0.3, 0.4) is 0 Å². The van der Waals surface area contributed by atoms with E-state index in [4.69, 9.17) is 0 Å². The third-order valence-electron chi connectivity index (χ3n) is 1.87. The highest BCUT2D eigenvalue weighted by Gasteiger charge is 1.96. The molecule has 0 fully saturated rings. The zero-order valence-electron chi connectivity index (χ0n) is 7.03. The summed E-state index contributed by atoms with van der Waals surface area (Å²) in [4.78, 5) is 1.31. The molecule has 0 saturated carbocycles. The molecule has 66 valence electrons. The van der Waals surface area contributed by atoms with Gasteiger partial charge in [-0.1, -0.05) is 18.2 Å². The molecule has 2 rings (SSSR count). The molecule has 0 aliphatic carbocycles. The van der Waals surface area contributed by atoms with Crippen molar-refractivity contribution in [2.45, 2.75) is 6.42 Å². The van der Waals surface area contributed by atoms with Crippen molar-refractivity contribution < 1.29 is 4.39 Å². The summed E-state index contributed by atoms with van der Waals surface area (Å²) in [7, 11) is 0. The van der Waals surface area contributed by atoms with E-state index in [1.165, 1.54) is 17.0 Å². The minimum atomic E-state index is -0.171. The van der Waals surface area contributed by atoms with Crippen LogP contribution in [0.1, 0.15) is 10.4 Å². The van der Waals surface area contributed by atoms with Crippen molar-refractivity contribution in [3.05, 3.63) is 58.0 Å². The van der Waals surface area contributed by atoms with Crippen LogP contribution in [-0.2, 0) is 6.42 Å². The molecule has 1 aromatic carbocycles. The lowest BCUT2D eigenvalue weighted by Crippen LogP contribution is -1.84. The second-order valence-corrected chi connectivity index (χ2v) is 3.91. The first-order valence-electron chi connectivity index (χ1n) is 4.11. The van der Waals surface area contributed by atoms with Crippen LogP contribution in [0.4, 0.5) is 4.39 Å². The van der Waals surface area contributed by atoms with E-state index in [0.29, 0.717) is 0 Å². The fourth-order valence-corrected chi connectivity index (χ4v) is 1.96. The summed E-state index contributed by atoms with van der Waals surface area (Å²) in [6.07, 6.45) is 0.901. The Balaban J connectivity index is 2.15. The SMILES string of the molecule is Fc1ccc(Cc2cccs2)cc1. The summed E-state index contributed by atoms with van der Waals surface area (Å²) in [5.41, 5.74) is 1.16. The Hall–Kier alpha value is -1.15. The molecule has 0 saturated heterocycles. The molecular weight excluding hydrogens is 183 g/mol. The van der Waals surface area contributed by atoms with Gasteiger partial charge in [0.15, 0.2) is 0 Å². The summed E-state index contributed by atoms with van der Waals surface area (Å²) in [5.74, 6) is -0.171. The van der Waals surface area contributed by atoms with E-state index in [1.807, 2.05) is 18.2 Å². The lowest BCUT2D eigenvalue weighted by atomic mass is 10.1. The van der Waals surface area contributed by atoms with Crippen LogP contribution in [0.25, 0.3) is 0 Å². The van der Waals surface area contributed by atoms with E-state index in [9.17, 15) is 4.39 Å². The molecule has 0 atom stereocenters. The first kappa shape index (κ1) is 8.45. The molecule has 0 amide bonds. The molecule has 0 aliphatic rings. The molecule has 1 heterocycles. The van der Waals surface area contributed by atoms with E-state index in [-0.39, 0.29) is 5.82 Å². The average molecular weight is 192 g/mol. The molecule has 0 N–H and O–H groups in total. The van der Waals surface area contributed by atoms with Gasteiger partial charge in [-0.3, -0.25) is 0 Å². The Morgan fingerprint density at radius 2 is 1.85 bits per heavy atom. The van der Waals surface area contributed by atoms with Gasteiger partial charge in [-0.25, -0.2) is 4.39 Å². The normalized spacial score (nSPS) is 10.2. The molecule has 0 unspecified atom stereocenters. The fraction of sp³-hybridized carbons (Fsp3) is 0.0909. The van der Waals surface area contributed by atoms with E-state index in [1.54, 1.807) is 11.3 Å². The van der Waals surface area contributed by atoms with Gasteiger partial charge in [-0.2, -0.15) is 0 Å². The molecule has 0 bridgehead atoms. The summed E-state index contributed by atoms with van der Waals surface area (Å²) >= 11 is 1.73. The highest BCUT2D eigenvalue weighted by Crippen LogP contribution is 2.14. The number of thiophene rings is 1. The van der Waals surface area contributed by atoms with E-state index >= 15 is 0 Å². The van der Waals surface area contributed by atoms with Crippen molar-refractivity contribution in [3.8, 4) is 0 Å². The topological polar surface area (TPSA) is 0 Å². The van der Waals surface area contributed by atoms with Gasteiger partial charge >= 0.3 is 0 Å². The van der Waals surface area contributed by atoms with Gasteiger partial charge in [0.1, 0.15) is 5.82 Å². The van der Waals surface area contributed by atoms with Crippen LogP contribution >= 0.6 is 11.3 Å². The minimum Gasteiger partial charge on any atom is -0.207 e. The standard InChI is InChI=1S/C11H9FS/c12-10-5-3-9(4-6-10)8-11-2-1-7-13-11/h1-7H,8H2. The lowest BCUT2D eigenvalue weighted by Gasteiger charge is -1.97. The van der Waals surface area contributed by atoms with Gasteiger partial charge in [-0.05, 0) is 29.1 Å². The second kappa shape index (κ2) is 3.71. The van der Waals surface area contributed by atoms with Crippen molar-refractivity contribution in [2.24, 2.45) is 0 Å². The minimum absolute atomic E-state index is 0.171. The maximum atomic E-state index is 12.6. The maximum absolute atomic E-state index is 12.6. The number of hydrogen-bond acceptors (Lipinski definition) is 1. The highest BCUT2D eigenvalue weighted by molar-refractivity contribution is 7.09. The molecule has 1 aromatic heterocycles. The zero-order chi connectivity index (χ0) is 9.10. The molecule has 0 radical (unpaired) electrons. The van der Waals surface area contributed by atoms with Crippen LogP contribution in [0.5, 0.6) is 0 Å². The highest BCUT2D eigenvalue weighted by atomic mass is 32.1. The summed E-state index contributed by atoms with van der Waals surface area (Å²) < 4.78 is 12.6. The van der Waals surface area contributed by atoms with Crippen molar-refractivity contribution in [1.29, 1.82) is 0 Å². The van der Waals surface area contributed by atoms with Crippen molar-refractivity contribution in [1.82, 2.24) is 0 Å². The average Bonchev–Trinajstić information content (AvgIpc) is 2.62. The van der Waals surface area contributed by atoms with E-state index in [0.717, 1.165) is 12.0 Å². The first-order valence-corrected chi connectivity index (χ1v) is 4.99. The molecule has 0 aliphatic heterocycles. The third kappa shape index (κ3) is 2.16. The van der Waals surface area contributed by atoms with Gasteiger partial charge in [0.25, 0.3) is 0 Å². The van der Waals surface area contributed by atoms with Crippen molar-refractivity contribution >= 4 is 11.3 Å². The van der Waals surface area contributed by atoms with Gasteiger partial charge in [0.05, 0.1) is 0 Å². The Morgan fingerprint density at radius 3 is 2.46 bits per heavy atom. The summed E-state index contributed by atoms with van der Waals surface area (Å²) in [5, 5.41) is 2.05. The third-order valence-corrected chi connectivity index (χ3v) is 2.75. The second-order valence-electron chi connectivity index (χ2n) is 2.88. The van der Waals surface area contributed by atoms with E-state index in [2.05, 4.69) is 11.4 Å². The molecule has 2 aromatic rings.